The van der Waals surface area contributed by atoms with E-state index >= 15 is 0 Å². The molecular weight excluding hydrogens is 534 g/mol. The second-order valence-electron chi connectivity index (χ2n) is 7.92. The van der Waals surface area contributed by atoms with Crippen LogP contribution in [0.3, 0.4) is 0 Å². The molecule has 1 amide bonds. The van der Waals surface area contributed by atoms with Crippen molar-refractivity contribution in [2.45, 2.75) is 25.1 Å². The first kappa shape index (κ1) is 28.0. The van der Waals surface area contributed by atoms with E-state index in [1.54, 1.807) is 6.20 Å². The fraction of sp³-hybridized carbons (Fsp3) is 0.250. The highest BCUT2D eigenvalue weighted by Gasteiger charge is 2.38. The van der Waals surface area contributed by atoms with Gasteiger partial charge >= 0.3 is 12.1 Å². The lowest BCUT2D eigenvalue weighted by molar-refractivity contribution is -0.192. The number of aliphatic carboxylic acids is 1. The summed E-state index contributed by atoms with van der Waals surface area (Å²) in [6.45, 7) is 1.93. The fourth-order valence-corrected chi connectivity index (χ4v) is 3.71. The highest BCUT2D eigenvalue weighted by atomic mass is 35.5. The molecule has 1 aliphatic heterocycles. The number of anilines is 3. The Morgan fingerprint density at radius 1 is 1.03 bits per heavy atom. The number of rotatable bonds is 5. The number of piperidine rings is 1. The highest BCUT2D eigenvalue weighted by Crippen LogP contribution is 2.24. The van der Waals surface area contributed by atoms with Gasteiger partial charge in [-0.2, -0.15) is 13.2 Å². The van der Waals surface area contributed by atoms with Gasteiger partial charge in [0.15, 0.2) is 0 Å². The first-order valence-electron chi connectivity index (χ1n) is 11.0. The zero-order valence-electron chi connectivity index (χ0n) is 19.2. The number of benzene rings is 1. The van der Waals surface area contributed by atoms with E-state index in [4.69, 9.17) is 33.1 Å². The Morgan fingerprint density at radius 2 is 1.68 bits per heavy atom. The van der Waals surface area contributed by atoms with Gasteiger partial charge < -0.3 is 20.6 Å². The smallest absolute Gasteiger partial charge is 0.475 e. The minimum absolute atomic E-state index is 0.177. The maximum Gasteiger partial charge on any atom is 0.490 e. The molecule has 1 fully saturated rings. The molecule has 13 heteroatoms. The summed E-state index contributed by atoms with van der Waals surface area (Å²) in [7, 11) is 0. The molecular formula is C24H22Cl2F3N5O3. The zero-order chi connectivity index (χ0) is 27.0. The maximum absolute atomic E-state index is 12.4. The van der Waals surface area contributed by atoms with Gasteiger partial charge in [0.25, 0.3) is 5.91 Å². The molecule has 0 unspecified atom stereocenters. The number of carbonyl (C=O) groups excluding carboxylic acids is 1. The Bertz CT molecular complexity index is 1210. The lowest BCUT2D eigenvalue weighted by atomic mass is 10.0. The third-order valence-electron chi connectivity index (χ3n) is 5.30. The topological polar surface area (TPSA) is 107 Å². The predicted octanol–water partition coefficient (Wildman–Crippen LogP) is 5.75. The van der Waals surface area contributed by atoms with Crippen LogP contribution in [-0.4, -0.2) is 52.3 Å². The molecule has 0 aliphatic carbocycles. The monoisotopic (exact) mass is 555 g/mol. The number of alkyl halides is 3. The number of amides is 1. The molecule has 196 valence electrons. The van der Waals surface area contributed by atoms with E-state index in [0.717, 1.165) is 37.4 Å². The van der Waals surface area contributed by atoms with Crippen LogP contribution in [0.4, 0.5) is 30.4 Å². The average Bonchev–Trinajstić information content (AvgIpc) is 2.87. The predicted molar refractivity (Wildman–Crippen MR) is 135 cm³/mol. The van der Waals surface area contributed by atoms with Crippen molar-refractivity contribution in [2.24, 2.45) is 0 Å². The van der Waals surface area contributed by atoms with Gasteiger partial charge in [-0.1, -0.05) is 29.3 Å². The number of halogens is 5. The van der Waals surface area contributed by atoms with E-state index < -0.39 is 12.1 Å². The number of hydrogen-bond donors (Lipinski definition) is 3. The van der Waals surface area contributed by atoms with Crippen molar-refractivity contribution < 1.29 is 27.9 Å². The second kappa shape index (κ2) is 12.6. The molecule has 1 aliphatic rings. The molecule has 3 heterocycles. The van der Waals surface area contributed by atoms with Gasteiger partial charge in [0, 0.05) is 42.9 Å². The molecule has 3 N–H and O–H groups in total. The summed E-state index contributed by atoms with van der Waals surface area (Å²) in [5.74, 6) is -2.11. The molecule has 2 aromatic heterocycles. The minimum Gasteiger partial charge on any atom is -0.475 e. The summed E-state index contributed by atoms with van der Waals surface area (Å²) in [5.41, 5.74) is 2.21. The van der Waals surface area contributed by atoms with Gasteiger partial charge in [-0.05, 0) is 55.3 Å². The van der Waals surface area contributed by atoms with Crippen molar-refractivity contribution in [1.82, 2.24) is 9.97 Å². The first-order valence-corrected chi connectivity index (χ1v) is 11.7. The quantitative estimate of drug-likeness (QED) is 0.344. The van der Waals surface area contributed by atoms with Crippen molar-refractivity contribution in [1.29, 1.82) is 0 Å². The van der Waals surface area contributed by atoms with Crippen molar-refractivity contribution in [3.63, 3.8) is 0 Å². The van der Waals surface area contributed by atoms with E-state index in [1.165, 1.54) is 12.3 Å². The third kappa shape index (κ3) is 8.50. The molecule has 0 radical (unpaired) electrons. The summed E-state index contributed by atoms with van der Waals surface area (Å²) >= 11 is 11.7. The van der Waals surface area contributed by atoms with Gasteiger partial charge in [-0.25, -0.2) is 14.8 Å². The summed E-state index contributed by atoms with van der Waals surface area (Å²) < 4.78 is 31.7. The number of nitrogens with one attached hydrogen (secondary N) is 2. The Labute approximate surface area is 220 Å². The van der Waals surface area contributed by atoms with Crippen LogP contribution < -0.4 is 15.5 Å². The van der Waals surface area contributed by atoms with E-state index in [9.17, 15) is 18.0 Å². The Morgan fingerprint density at radius 3 is 2.22 bits per heavy atom. The standard InChI is InChI=1S/C22H21Cl2N5O.C2HF3O2/c23-19-13-15(14-26-21(19)24)22(30)28-16-4-6-18(7-5-16)29-11-8-17(9-12-29)27-20-3-1-2-10-25-20;3-2(4,5)1(6)7/h1-7,10,13-14,17H,8-9,11-12H2,(H,25,27)(H,28,30);(H,6,7). The summed E-state index contributed by atoms with van der Waals surface area (Å²) in [6, 6.07) is 15.7. The van der Waals surface area contributed by atoms with E-state index in [-0.39, 0.29) is 16.1 Å². The first-order chi connectivity index (χ1) is 17.5. The second-order valence-corrected chi connectivity index (χ2v) is 8.69. The van der Waals surface area contributed by atoms with Gasteiger partial charge in [-0.15, -0.1) is 0 Å². The van der Waals surface area contributed by atoms with Crippen molar-refractivity contribution in [2.75, 3.05) is 28.6 Å². The van der Waals surface area contributed by atoms with E-state index in [1.807, 2.05) is 42.5 Å². The zero-order valence-corrected chi connectivity index (χ0v) is 20.7. The van der Waals surface area contributed by atoms with Gasteiger partial charge in [0.2, 0.25) is 0 Å². The van der Waals surface area contributed by atoms with Crippen LogP contribution in [0.25, 0.3) is 0 Å². The number of carboxylic acid groups (broad SMARTS) is 1. The van der Waals surface area contributed by atoms with E-state index in [2.05, 4.69) is 25.5 Å². The van der Waals surface area contributed by atoms with Crippen molar-refractivity contribution >= 4 is 52.3 Å². The molecule has 1 saturated heterocycles. The number of carboxylic acids is 1. The molecule has 3 aromatic rings. The Kier molecular flexibility index (Phi) is 9.54. The Balaban J connectivity index is 0.000000479. The van der Waals surface area contributed by atoms with Gasteiger partial charge in [-0.3, -0.25) is 4.79 Å². The highest BCUT2D eigenvalue weighted by molar-refractivity contribution is 6.41. The molecule has 4 rings (SSSR count). The summed E-state index contributed by atoms with van der Waals surface area (Å²) in [4.78, 5) is 31.9. The SMILES string of the molecule is O=C(Nc1ccc(N2CCC(Nc3ccccn3)CC2)cc1)c1cnc(Cl)c(Cl)c1.O=C(O)C(F)(F)F. The van der Waals surface area contributed by atoms with Crippen LogP contribution >= 0.6 is 23.2 Å². The van der Waals surface area contributed by atoms with Crippen LogP contribution in [0.5, 0.6) is 0 Å². The number of carbonyl (C=O) groups is 2. The lowest BCUT2D eigenvalue weighted by Crippen LogP contribution is -2.39. The maximum atomic E-state index is 12.4. The van der Waals surface area contributed by atoms with Crippen LogP contribution in [0.15, 0.2) is 60.9 Å². The van der Waals surface area contributed by atoms with Gasteiger partial charge in [0.05, 0.1) is 10.6 Å². The van der Waals surface area contributed by atoms with Crippen LogP contribution in [0, 0.1) is 0 Å². The average molecular weight is 556 g/mol. The van der Waals surface area contributed by atoms with Crippen molar-refractivity contribution in [3.05, 3.63) is 76.7 Å². The summed E-state index contributed by atoms with van der Waals surface area (Å²) in [6.07, 6.45) is 0.204. The number of pyridine rings is 2. The molecule has 0 bridgehead atoms. The molecule has 0 atom stereocenters. The normalized spacial score (nSPS) is 13.8. The van der Waals surface area contributed by atoms with Crippen LogP contribution in [0.2, 0.25) is 10.2 Å². The minimum atomic E-state index is -5.08. The van der Waals surface area contributed by atoms with Crippen LogP contribution in [-0.2, 0) is 4.79 Å². The largest absolute Gasteiger partial charge is 0.490 e. The molecule has 0 saturated carbocycles. The van der Waals surface area contributed by atoms with E-state index in [0.29, 0.717) is 17.3 Å². The lowest BCUT2D eigenvalue weighted by Gasteiger charge is -2.34. The number of nitrogens with zero attached hydrogens (tertiary/aromatic N) is 3. The van der Waals surface area contributed by atoms with Gasteiger partial charge in [0.1, 0.15) is 11.0 Å². The number of hydrogen-bond acceptors (Lipinski definition) is 6. The van der Waals surface area contributed by atoms with Crippen molar-refractivity contribution in [3.8, 4) is 0 Å². The molecule has 1 aromatic carbocycles. The third-order valence-corrected chi connectivity index (χ3v) is 5.99. The summed E-state index contributed by atoms with van der Waals surface area (Å²) in [5, 5.41) is 13.9. The Hall–Kier alpha value is -3.57. The van der Waals surface area contributed by atoms with Crippen LogP contribution in [0.1, 0.15) is 23.2 Å². The fourth-order valence-electron chi connectivity index (χ4n) is 3.44. The molecule has 0 spiro atoms. The number of aromatic nitrogens is 2. The molecule has 37 heavy (non-hydrogen) atoms. The molecule has 8 nitrogen and oxygen atoms in total.